The highest BCUT2D eigenvalue weighted by atomic mass is 16.2. The highest BCUT2D eigenvalue weighted by Gasteiger charge is 2.32. The van der Waals surface area contributed by atoms with E-state index in [1.807, 2.05) is 0 Å². The second kappa shape index (κ2) is 5.85. The minimum Gasteiger partial charge on any atom is -0.336 e. The van der Waals surface area contributed by atoms with Gasteiger partial charge in [0.25, 0.3) is 0 Å². The fourth-order valence-electron chi connectivity index (χ4n) is 3.53. The lowest BCUT2D eigenvalue weighted by Crippen LogP contribution is -2.52. The average molecular weight is 238 g/mol. The third-order valence-corrected chi connectivity index (χ3v) is 4.53. The molecule has 3 nitrogen and oxygen atoms in total. The molecule has 0 aromatic heterocycles. The topological polar surface area (TPSA) is 46.3 Å². The van der Waals surface area contributed by atoms with E-state index in [0.29, 0.717) is 30.5 Å². The molecule has 2 rings (SSSR count). The van der Waals surface area contributed by atoms with Gasteiger partial charge in [-0.25, -0.2) is 0 Å². The second-order valence-electron chi connectivity index (χ2n) is 5.83. The van der Waals surface area contributed by atoms with Crippen molar-refractivity contribution in [3.05, 3.63) is 0 Å². The molecule has 1 heterocycles. The SMILES string of the molecule is CC1CCCC(CN)N1C(=O)CC1CCCC1. The Morgan fingerprint density at radius 1 is 1.18 bits per heavy atom. The molecule has 0 spiro atoms. The van der Waals surface area contributed by atoms with Gasteiger partial charge in [-0.1, -0.05) is 12.8 Å². The van der Waals surface area contributed by atoms with Crippen molar-refractivity contribution < 1.29 is 4.79 Å². The fraction of sp³-hybridized carbons (Fsp3) is 0.929. The van der Waals surface area contributed by atoms with Crippen molar-refractivity contribution in [3.63, 3.8) is 0 Å². The summed E-state index contributed by atoms with van der Waals surface area (Å²) in [5, 5.41) is 0. The van der Waals surface area contributed by atoms with E-state index < -0.39 is 0 Å². The minimum atomic E-state index is 0.299. The van der Waals surface area contributed by atoms with Crippen LogP contribution in [0, 0.1) is 5.92 Å². The summed E-state index contributed by atoms with van der Waals surface area (Å²) in [6.07, 6.45) is 9.35. The molecule has 1 aliphatic carbocycles. The fourth-order valence-corrected chi connectivity index (χ4v) is 3.53. The summed E-state index contributed by atoms with van der Waals surface area (Å²) in [5.41, 5.74) is 5.81. The van der Waals surface area contributed by atoms with Crippen molar-refractivity contribution in [2.45, 2.75) is 70.4 Å². The van der Waals surface area contributed by atoms with Gasteiger partial charge >= 0.3 is 0 Å². The number of nitrogens with zero attached hydrogens (tertiary/aromatic N) is 1. The van der Waals surface area contributed by atoms with Gasteiger partial charge in [0, 0.05) is 25.0 Å². The first-order chi connectivity index (χ1) is 8.22. The van der Waals surface area contributed by atoms with E-state index in [-0.39, 0.29) is 0 Å². The van der Waals surface area contributed by atoms with Crippen molar-refractivity contribution in [2.75, 3.05) is 6.54 Å². The summed E-state index contributed by atoms with van der Waals surface area (Å²) < 4.78 is 0. The molecule has 2 N–H and O–H groups in total. The largest absolute Gasteiger partial charge is 0.336 e. The zero-order valence-corrected chi connectivity index (χ0v) is 11.0. The number of rotatable bonds is 3. The van der Waals surface area contributed by atoms with Crippen molar-refractivity contribution in [1.29, 1.82) is 0 Å². The number of carbonyl (C=O) groups excluding carboxylic acids is 1. The van der Waals surface area contributed by atoms with Crippen LogP contribution < -0.4 is 5.73 Å². The summed E-state index contributed by atoms with van der Waals surface area (Å²) in [7, 11) is 0. The van der Waals surface area contributed by atoms with Crippen LogP contribution in [0.3, 0.4) is 0 Å². The van der Waals surface area contributed by atoms with Crippen LogP contribution in [0.4, 0.5) is 0 Å². The maximum Gasteiger partial charge on any atom is 0.223 e. The summed E-state index contributed by atoms with van der Waals surface area (Å²) >= 11 is 0. The Balaban J connectivity index is 1.94. The predicted molar refractivity (Wildman–Crippen MR) is 69.6 cm³/mol. The molecule has 3 heteroatoms. The summed E-state index contributed by atoms with van der Waals surface area (Å²) in [6.45, 7) is 2.80. The number of likely N-dealkylation sites (tertiary alicyclic amines) is 1. The van der Waals surface area contributed by atoms with E-state index in [9.17, 15) is 4.79 Å². The lowest BCUT2D eigenvalue weighted by atomic mass is 9.94. The number of carbonyl (C=O) groups is 1. The lowest BCUT2D eigenvalue weighted by molar-refractivity contribution is -0.138. The van der Waals surface area contributed by atoms with Gasteiger partial charge in [0.15, 0.2) is 0 Å². The van der Waals surface area contributed by atoms with Gasteiger partial charge in [0.05, 0.1) is 0 Å². The van der Waals surface area contributed by atoms with Crippen LogP contribution in [0.1, 0.15) is 58.3 Å². The van der Waals surface area contributed by atoms with Crippen LogP contribution in [-0.2, 0) is 4.79 Å². The van der Waals surface area contributed by atoms with Gasteiger partial charge in [-0.05, 0) is 44.9 Å². The van der Waals surface area contributed by atoms with Gasteiger partial charge in [0.1, 0.15) is 0 Å². The molecule has 0 aromatic carbocycles. The van der Waals surface area contributed by atoms with Crippen LogP contribution in [0.15, 0.2) is 0 Å². The van der Waals surface area contributed by atoms with E-state index in [2.05, 4.69) is 11.8 Å². The van der Waals surface area contributed by atoms with Crippen molar-refractivity contribution in [3.8, 4) is 0 Å². The molecule has 1 amide bonds. The molecule has 1 saturated carbocycles. The van der Waals surface area contributed by atoms with Crippen LogP contribution in [0.25, 0.3) is 0 Å². The van der Waals surface area contributed by atoms with E-state index in [0.717, 1.165) is 19.3 Å². The Kier molecular flexibility index (Phi) is 4.43. The van der Waals surface area contributed by atoms with Crippen LogP contribution in [-0.4, -0.2) is 29.4 Å². The molecule has 98 valence electrons. The Labute approximate surface area is 105 Å². The van der Waals surface area contributed by atoms with E-state index in [1.54, 1.807) is 0 Å². The van der Waals surface area contributed by atoms with Crippen molar-refractivity contribution >= 4 is 5.91 Å². The number of nitrogens with two attached hydrogens (primary N) is 1. The first kappa shape index (κ1) is 12.9. The van der Waals surface area contributed by atoms with E-state index >= 15 is 0 Å². The normalized spacial score (nSPS) is 30.8. The predicted octanol–water partition coefficient (Wildman–Crippen LogP) is 2.29. The summed E-state index contributed by atoms with van der Waals surface area (Å²) in [4.78, 5) is 14.5. The quantitative estimate of drug-likeness (QED) is 0.820. The molecule has 2 fully saturated rings. The molecular formula is C14H26N2O. The highest BCUT2D eigenvalue weighted by molar-refractivity contribution is 5.77. The molecule has 0 bridgehead atoms. The van der Waals surface area contributed by atoms with Gasteiger partial charge < -0.3 is 10.6 Å². The maximum absolute atomic E-state index is 12.4. The van der Waals surface area contributed by atoms with Crippen molar-refractivity contribution in [1.82, 2.24) is 4.90 Å². The molecule has 2 aliphatic rings. The third-order valence-electron chi connectivity index (χ3n) is 4.53. The highest BCUT2D eigenvalue weighted by Crippen LogP contribution is 2.30. The second-order valence-corrected chi connectivity index (χ2v) is 5.83. The van der Waals surface area contributed by atoms with Gasteiger partial charge in [-0.2, -0.15) is 0 Å². The Hall–Kier alpha value is -0.570. The van der Waals surface area contributed by atoms with Crippen LogP contribution in [0.2, 0.25) is 0 Å². The van der Waals surface area contributed by atoms with Crippen LogP contribution in [0.5, 0.6) is 0 Å². The third kappa shape index (κ3) is 3.01. The number of amides is 1. The summed E-state index contributed by atoms with van der Waals surface area (Å²) in [5.74, 6) is 1.01. The molecule has 2 atom stereocenters. The maximum atomic E-state index is 12.4. The smallest absolute Gasteiger partial charge is 0.223 e. The zero-order valence-electron chi connectivity index (χ0n) is 11.0. The Bertz CT molecular complexity index is 261. The Morgan fingerprint density at radius 3 is 2.53 bits per heavy atom. The molecule has 2 unspecified atom stereocenters. The zero-order chi connectivity index (χ0) is 12.3. The first-order valence-electron chi connectivity index (χ1n) is 7.23. The molecule has 0 radical (unpaired) electrons. The van der Waals surface area contributed by atoms with Crippen molar-refractivity contribution in [2.24, 2.45) is 11.7 Å². The first-order valence-corrected chi connectivity index (χ1v) is 7.23. The number of hydrogen-bond donors (Lipinski definition) is 1. The van der Waals surface area contributed by atoms with E-state index in [4.69, 9.17) is 5.73 Å². The lowest BCUT2D eigenvalue weighted by Gasteiger charge is -2.40. The number of piperidine rings is 1. The van der Waals surface area contributed by atoms with Crippen LogP contribution >= 0.6 is 0 Å². The van der Waals surface area contributed by atoms with Gasteiger partial charge in [-0.15, -0.1) is 0 Å². The average Bonchev–Trinajstić information content (AvgIpc) is 2.81. The standard InChI is InChI=1S/C14H26N2O/c1-11-5-4-8-13(10-15)16(11)14(17)9-12-6-2-3-7-12/h11-13H,2-10,15H2,1H3. The monoisotopic (exact) mass is 238 g/mol. The molecule has 1 saturated heterocycles. The number of hydrogen-bond acceptors (Lipinski definition) is 2. The molecule has 1 aliphatic heterocycles. The molecule has 17 heavy (non-hydrogen) atoms. The minimum absolute atomic E-state index is 0.299. The van der Waals surface area contributed by atoms with Gasteiger partial charge in [-0.3, -0.25) is 4.79 Å². The molecular weight excluding hydrogens is 212 g/mol. The summed E-state index contributed by atoms with van der Waals surface area (Å²) in [6, 6.07) is 0.693. The van der Waals surface area contributed by atoms with Gasteiger partial charge in [0.2, 0.25) is 5.91 Å². The van der Waals surface area contributed by atoms with E-state index in [1.165, 1.54) is 32.1 Å². The Morgan fingerprint density at radius 2 is 1.88 bits per heavy atom. The molecule has 0 aromatic rings.